The summed E-state index contributed by atoms with van der Waals surface area (Å²) in [6, 6.07) is 19.2. The van der Waals surface area contributed by atoms with Gasteiger partial charge >= 0.3 is 71.1 Å². The second-order valence-electron chi connectivity index (χ2n) is 15.9. The fourth-order valence-corrected chi connectivity index (χ4v) is 7.89. The molecule has 2 saturated heterocycles. The quantitative estimate of drug-likeness (QED) is 0.0855. The molecule has 0 saturated carbocycles. The van der Waals surface area contributed by atoms with Crippen molar-refractivity contribution in [3.05, 3.63) is 118 Å². The van der Waals surface area contributed by atoms with Gasteiger partial charge in [-0.1, -0.05) is 59.0 Å². The molecule has 20 heteroatoms. The number of methoxy groups -OCH3 is 2. The number of carboxylic acids is 2. The normalized spacial score (nSPS) is 25.5. The maximum Gasteiger partial charge on any atom is 1.00 e. The third-order valence-corrected chi connectivity index (χ3v) is 11.5. The number of allylic oxidation sites excluding steroid dienone is 5. The summed E-state index contributed by atoms with van der Waals surface area (Å²) < 4.78 is 37.5. The summed E-state index contributed by atoms with van der Waals surface area (Å²) in [5, 5.41) is 60.7. The van der Waals surface area contributed by atoms with Crippen molar-refractivity contribution in [1.82, 2.24) is 0 Å². The second-order valence-corrected chi connectivity index (χ2v) is 15.9. The number of hydrogen-bond donors (Lipinski definition) is 7. The number of benzene rings is 3. The van der Waals surface area contributed by atoms with Gasteiger partial charge < -0.3 is 70.5 Å². The van der Waals surface area contributed by atoms with Gasteiger partial charge in [0, 0.05) is 31.7 Å². The topological polar surface area (TPSA) is 266 Å². The van der Waals surface area contributed by atoms with Gasteiger partial charge in [0.2, 0.25) is 5.91 Å². The van der Waals surface area contributed by atoms with Crippen LogP contribution in [0.1, 0.15) is 57.2 Å². The van der Waals surface area contributed by atoms with E-state index < -0.39 is 73.7 Å². The zero-order valence-electron chi connectivity index (χ0n) is 39.1. The zero-order valence-corrected chi connectivity index (χ0v) is 42.1. The van der Waals surface area contributed by atoms with Crippen LogP contribution in [0.3, 0.4) is 0 Å². The number of ketones is 1. The first-order valence-electron chi connectivity index (χ1n) is 20.8. The smallest absolute Gasteiger partial charge is 1.00 e. The first-order chi connectivity index (χ1) is 31.1. The summed E-state index contributed by atoms with van der Waals surface area (Å²) in [7, 11) is 2.72. The van der Waals surface area contributed by atoms with Crippen molar-refractivity contribution in [2.24, 2.45) is 11.8 Å². The van der Waals surface area contributed by atoms with E-state index in [4.69, 9.17) is 38.3 Å². The summed E-state index contributed by atoms with van der Waals surface area (Å²) in [6.45, 7) is 2.79. The summed E-state index contributed by atoms with van der Waals surface area (Å²) in [5.41, 5.74) is 5.40. The number of rotatable bonds is 15. The monoisotopic (exact) mass is 982 g/mol. The standard InChI is InChI=1S/C37H35NO10.C10H18O7.2CH4.2Na.H/c1-20-31(48-37(45-2)35(42)34(20)41)18-46-19-32(40)38-23-7-10-25(11-8-23)47-26-12-14-28-22(17-26)15-21-16-24(39)9-13-27(21)33(28)29-5-3-4-6-30(29)36(43)44;1-5-6(3-16-4-7(11)12)17-10(15-2)9(14)8(5)13;;;;;/h3-14,16-17,20,31,34-35,37,41-42H,15,18-19H2,1-2H3,(H,38,40)(H,43,44);5-6,8-10,13-14H,3-4H2,1-2H3,(H,11,12);2*1H4;;;/q;;;;2*+1;-1/t20-,31?,34+,35?,37-;5-,6?,8+,9?,10-;;;;;/m11...../s1. The molecule has 366 valence electrons. The molecule has 0 spiro atoms. The number of ether oxygens (including phenoxy) is 7. The van der Waals surface area contributed by atoms with Crippen molar-refractivity contribution in [3.63, 3.8) is 0 Å². The van der Waals surface area contributed by atoms with Gasteiger partial charge in [0.15, 0.2) is 18.4 Å². The van der Waals surface area contributed by atoms with E-state index in [1.54, 1.807) is 74.5 Å². The number of carbonyl (C=O) groups is 4. The Hall–Kier alpha value is -3.64. The number of aliphatic hydroxyl groups excluding tert-OH is 4. The largest absolute Gasteiger partial charge is 1.00 e. The number of hydrogen-bond acceptors (Lipinski definition) is 15. The molecule has 7 rings (SSSR count). The fourth-order valence-electron chi connectivity index (χ4n) is 7.89. The van der Waals surface area contributed by atoms with Crippen molar-refractivity contribution in [2.75, 3.05) is 46.0 Å². The molecule has 1 amide bonds. The van der Waals surface area contributed by atoms with Gasteiger partial charge in [0.1, 0.15) is 36.9 Å². The van der Waals surface area contributed by atoms with Crippen LogP contribution in [0.2, 0.25) is 0 Å². The van der Waals surface area contributed by atoms with Crippen LogP contribution in [-0.4, -0.2) is 144 Å². The Morgan fingerprint density at radius 3 is 1.83 bits per heavy atom. The van der Waals surface area contributed by atoms with Crippen molar-refractivity contribution < 1.29 is 144 Å². The summed E-state index contributed by atoms with van der Waals surface area (Å²) in [4.78, 5) is 47.1. The number of fused-ring (bicyclic) bond motifs is 2. The van der Waals surface area contributed by atoms with E-state index in [2.05, 4.69) is 5.32 Å². The number of aliphatic carboxylic acids is 1. The van der Waals surface area contributed by atoms with Crippen LogP contribution >= 0.6 is 0 Å². The number of amides is 1. The third kappa shape index (κ3) is 15.4. The molecular formula is C49H62NNa2O17+. The molecule has 3 aromatic rings. The minimum atomic E-state index is -1.17. The maximum atomic E-state index is 12.5. The van der Waals surface area contributed by atoms with Crippen LogP contribution in [0.4, 0.5) is 5.69 Å². The first kappa shape index (κ1) is 61.5. The molecule has 2 aliphatic heterocycles. The third-order valence-electron chi connectivity index (χ3n) is 11.5. The molecule has 2 fully saturated rings. The molecule has 18 nitrogen and oxygen atoms in total. The van der Waals surface area contributed by atoms with E-state index >= 15 is 0 Å². The van der Waals surface area contributed by atoms with Crippen molar-refractivity contribution in [3.8, 4) is 11.5 Å². The van der Waals surface area contributed by atoms with Gasteiger partial charge in [-0.25, -0.2) is 9.59 Å². The predicted molar refractivity (Wildman–Crippen MR) is 244 cm³/mol. The Morgan fingerprint density at radius 1 is 0.725 bits per heavy atom. The molecular weight excluding hydrogens is 921 g/mol. The van der Waals surface area contributed by atoms with Crippen molar-refractivity contribution >= 4 is 34.9 Å². The summed E-state index contributed by atoms with van der Waals surface area (Å²) in [5.74, 6) is -2.33. The number of carbonyl (C=O) groups excluding carboxylic acids is 2. The molecule has 2 heterocycles. The molecule has 0 bridgehead atoms. The maximum absolute atomic E-state index is 12.5. The minimum absolute atomic E-state index is 0. The van der Waals surface area contributed by atoms with Crippen LogP contribution in [0.5, 0.6) is 11.5 Å². The van der Waals surface area contributed by atoms with E-state index in [9.17, 15) is 44.7 Å². The Kier molecular flexibility index (Phi) is 25.3. The van der Waals surface area contributed by atoms with Crippen LogP contribution in [0, 0.1) is 11.8 Å². The van der Waals surface area contributed by atoms with E-state index in [-0.39, 0.29) is 118 Å². The van der Waals surface area contributed by atoms with E-state index in [0.717, 1.165) is 27.8 Å². The minimum Gasteiger partial charge on any atom is -1.00 e. The number of nitrogens with one attached hydrogen (secondary N) is 1. The van der Waals surface area contributed by atoms with Gasteiger partial charge in [-0.3, -0.25) is 9.59 Å². The molecule has 69 heavy (non-hydrogen) atoms. The first-order valence-corrected chi connectivity index (χ1v) is 20.8. The SMILES string of the molecule is C.C.CO[C@@H]1OC(COCC(=O)Nc2ccc(Oc3ccc4c(c3)CC3=CC(=O)C=CC3=C4c3ccccc3C(=O)O)cc2)[C@@H](C)[C@H](O)C1O.CO[C@@H]1OC(COCC(=O)O)[C@@H](C)[C@H](O)C1O.[H-].[Na+].[Na+]. The Bertz CT molecular complexity index is 2310. The number of carboxylic acid groups (broad SMARTS) is 2. The molecule has 0 aromatic heterocycles. The Morgan fingerprint density at radius 2 is 1.28 bits per heavy atom. The van der Waals surface area contributed by atoms with Gasteiger partial charge in [-0.2, -0.15) is 0 Å². The molecule has 2 aliphatic carbocycles. The molecule has 4 aliphatic rings. The number of aliphatic hydroxyl groups is 4. The van der Waals surface area contributed by atoms with E-state index in [0.29, 0.717) is 29.2 Å². The average Bonchev–Trinajstić information content (AvgIpc) is 3.28. The Balaban J connectivity index is 0.000000955. The van der Waals surface area contributed by atoms with Gasteiger partial charge in [-0.15, -0.1) is 0 Å². The van der Waals surface area contributed by atoms with Crippen molar-refractivity contribution in [1.29, 1.82) is 0 Å². The second kappa shape index (κ2) is 28.4. The average molecular weight is 983 g/mol. The van der Waals surface area contributed by atoms with Gasteiger partial charge in [0.05, 0.1) is 43.2 Å². The zero-order chi connectivity index (χ0) is 46.9. The van der Waals surface area contributed by atoms with Crippen LogP contribution in [0.25, 0.3) is 5.57 Å². The van der Waals surface area contributed by atoms with Gasteiger partial charge in [-0.05, 0) is 94.4 Å². The summed E-state index contributed by atoms with van der Waals surface area (Å²) in [6.07, 6.45) is -2.02. The van der Waals surface area contributed by atoms with Gasteiger partial charge in [0.25, 0.3) is 0 Å². The van der Waals surface area contributed by atoms with Crippen LogP contribution in [0.15, 0.2) is 96.1 Å². The number of aromatic carboxylic acids is 1. The van der Waals surface area contributed by atoms with E-state index in [1.165, 1.54) is 20.3 Å². The Labute approximate surface area is 447 Å². The van der Waals surface area contributed by atoms with Crippen molar-refractivity contribution in [2.45, 2.75) is 84.3 Å². The molecule has 10 atom stereocenters. The molecule has 7 N–H and O–H groups in total. The molecule has 3 aromatic carbocycles. The summed E-state index contributed by atoms with van der Waals surface area (Å²) >= 11 is 0. The molecule has 4 unspecified atom stereocenters. The number of anilines is 1. The van der Waals surface area contributed by atoms with E-state index in [1.807, 2.05) is 18.2 Å². The fraction of sp³-hybridized carbons (Fsp3) is 0.429. The van der Waals surface area contributed by atoms with Crippen LogP contribution in [-0.2, 0) is 49.2 Å². The molecule has 0 radical (unpaired) electrons. The van der Waals surface area contributed by atoms with Crippen LogP contribution < -0.4 is 69.2 Å². The predicted octanol–water partition coefficient (Wildman–Crippen LogP) is -1.51.